The van der Waals surface area contributed by atoms with Gasteiger partial charge in [-0.2, -0.15) is 0 Å². The van der Waals surface area contributed by atoms with Crippen LogP contribution < -0.4 is 4.74 Å². The van der Waals surface area contributed by atoms with Crippen LogP contribution in [0.3, 0.4) is 0 Å². The number of carbonyl (C=O) groups excluding carboxylic acids is 1. The average molecular weight is 265 g/mol. The largest absolute Gasteiger partial charge is 0.494 e. The molecule has 0 unspecified atom stereocenters. The molecule has 106 valence electrons. The minimum absolute atomic E-state index is 0.113. The quantitative estimate of drug-likeness (QED) is 0.507. The summed E-state index contributed by atoms with van der Waals surface area (Å²) in [5.74, 6) is 0.908. The molecule has 1 aromatic carbocycles. The molecule has 0 fully saturated rings. The van der Waals surface area contributed by atoms with Crippen molar-refractivity contribution < 1.29 is 14.3 Å². The zero-order valence-corrected chi connectivity index (χ0v) is 12.0. The van der Waals surface area contributed by atoms with E-state index in [9.17, 15) is 4.79 Å². The number of Topliss-reactive ketones (excluding diaryl/α,β-unsaturated/α-hetero) is 1. The van der Waals surface area contributed by atoms with Crippen LogP contribution >= 0.6 is 0 Å². The van der Waals surface area contributed by atoms with Crippen molar-refractivity contribution >= 4 is 5.78 Å². The Bertz CT molecular complexity index is 375. The molecule has 4 heteroatoms. The Morgan fingerprint density at radius 1 is 1.16 bits per heavy atom. The van der Waals surface area contributed by atoms with Gasteiger partial charge in [0.1, 0.15) is 5.75 Å². The van der Waals surface area contributed by atoms with Crippen molar-refractivity contribution in [3.05, 3.63) is 29.8 Å². The highest BCUT2D eigenvalue weighted by atomic mass is 16.5. The molecule has 0 radical (unpaired) electrons. The third kappa shape index (κ3) is 5.85. The summed E-state index contributed by atoms with van der Waals surface area (Å²) in [7, 11) is 1.92. The van der Waals surface area contributed by atoms with Gasteiger partial charge in [-0.3, -0.25) is 9.69 Å². The molecule has 0 saturated carbocycles. The van der Waals surface area contributed by atoms with E-state index in [1.165, 1.54) is 0 Å². The van der Waals surface area contributed by atoms with Gasteiger partial charge < -0.3 is 9.47 Å². The summed E-state index contributed by atoms with van der Waals surface area (Å²) in [5.41, 5.74) is 0.715. The zero-order valence-electron chi connectivity index (χ0n) is 12.0. The molecule has 0 heterocycles. The highest BCUT2D eigenvalue weighted by Gasteiger charge is 2.09. The molecule has 0 aliphatic carbocycles. The van der Waals surface area contributed by atoms with Crippen LogP contribution in [0, 0.1) is 0 Å². The van der Waals surface area contributed by atoms with Crippen LogP contribution in [0.1, 0.15) is 24.2 Å². The van der Waals surface area contributed by atoms with Gasteiger partial charge in [-0.05, 0) is 45.2 Å². The van der Waals surface area contributed by atoms with Gasteiger partial charge in [-0.15, -0.1) is 0 Å². The zero-order chi connectivity index (χ0) is 14.1. The van der Waals surface area contributed by atoms with E-state index < -0.39 is 0 Å². The minimum atomic E-state index is 0.113. The first kappa shape index (κ1) is 15.7. The highest BCUT2D eigenvalue weighted by molar-refractivity contribution is 5.97. The normalized spacial score (nSPS) is 10.7. The van der Waals surface area contributed by atoms with Gasteiger partial charge in [-0.1, -0.05) is 0 Å². The Balaban J connectivity index is 2.44. The van der Waals surface area contributed by atoms with Crippen LogP contribution in [0.4, 0.5) is 0 Å². The van der Waals surface area contributed by atoms with E-state index in [4.69, 9.17) is 9.47 Å². The van der Waals surface area contributed by atoms with Crippen molar-refractivity contribution in [1.82, 2.24) is 4.90 Å². The molecule has 0 aliphatic heterocycles. The Kier molecular flexibility index (Phi) is 7.15. The van der Waals surface area contributed by atoms with Crippen LogP contribution in [0.15, 0.2) is 24.3 Å². The number of hydrogen-bond donors (Lipinski definition) is 0. The van der Waals surface area contributed by atoms with E-state index in [-0.39, 0.29) is 5.78 Å². The molecule has 0 saturated heterocycles. The van der Waals surface area contributed by atoms with E-state index >= 15 is 0 Å². The fourth-order valence-corrected chi connectivity index (χ4v) is 1.68. The van der Waals surface area contributed by atoms with Gasteiger partial charge in [0, 0.05) is 18.7 Å². The molecule has 19 heavy (non-hydrogen) atoms. The van der Waals surface area contributed by atoms with Gasteiger partial charge in [0.05, 0.1) is 19.8 Å². The fourth-order valence-electron chi connectivity index (χ4n) is 1.68. The van der Waals surface area contributed by atoms with Crippen molar-refractivity contribution in [2.75, 3.05) is 40.0 Å². The first-order valence-corrected chi connectivity index (χ1v) is 6.69. The molecule has 0 amide bonds. The number of likely N-dealkylation sites (N-methyl/N-ethyl adjacent to an activating group) is 1. The number of benzene rings is 1. The Labute approximate surface area is 115 Å². The lowest BCUT2D eigenvalue weighted by Crippen LogP contribution is -2.29. The first-order chi connectivity index (χ1) is 9.17. The highest BCUT2D eigenvalue weighted by Crippen LogP contribution is 2.12. The molecular weight excluding hydrogens is 242 g/mol. The van der Waals surface area contributed by atoms with Crippen molar-refractivity contribution in [2.24, 2.45) is 0 Å². The maximum atomic E-state index is 12.0. The lowest BCUT2D eigenvalue weighted by molar-refractivity contribution is 0.0896. The van der Waals surface area contributed by atoms with Crippen LogP contribution in [0.25, 0.3) is 0 Å². The van der Waals surface area contributed by atoms with Crippen molar-refractivity contribution in [3.8, 4) is 5.75 Å². The second kappa shape index (κ2) is 8.67. The molecule has 0 spiro atoms. The summed E-state index contributed by atoms with van der Waals surface area (Å²) >= 11 is 0. The topological polar surface area (TPSA) is 38.8 Å². The molecule has 0 N–H and O–H groups in total. The number of rotatable bonds is 9. The van der Waals surface area contributed by atoms with Gasteiger partial charge in [-0.25, -0.2) is 0 Å². The SMILES string of the molecule is CCOCCN(C)CC(=O)c1ccc(OCC)cc1. The van der Waals surface area contributed by atoms with E-state index in [2.05, 4.69) is 0 Å². The number of ether oxygens (including phenoxy) is 2. The summed E-state index contributed by atoms with van der Waals surface area (Å²) in [4.78, 5) is 14.0. The van der Waals surface area contributed by atoms with Crippen LogP contribution in [0.2, 0.25) is 0 Å². The van der Waals surface area contributed by atoms with Crippen molar-refractivity contribution in [3.63, 3.8) is 0 Å². The number of nitrogens with zero attached hydrogens (tertiary/aromatic N) is 1. The molecule has 1 rings (SSSR count). The third-order valence-electron chi connectivity index (χ3n) is 2.72. The van der Waals surface area contributed by atoms with Crippen molar-refractivity contribution in [1.29, 1.82) is 0 Å². The molecule has 0 aliphatic rings. The summed E-state index contributed by atoms with van der Waals surface area (Å²) in [6, 6.07) is 7.28. The minimum Gasteiger partial charge on any atom is -0.494 e. The predicted octanol–water partition coefficient (Wildman–Crippen LogP) is 2.24. The van der Waals surface area contributed by atoms with E-state index in [1.54, 1.807) is 0 Å². The summed E-state index contributed by atoms with van der Waals surface area (Å²) in [5, 5.41) is 0. The monoisotopic (exact) mass is 265 g/mol. The number of carbonyl (C=O) groups is 1. The average Bonchev–Trinajstić information content (AvgIpc) is 2.40. The Hall–Kier alpha value is -1.39. The maximum Gasteiger partial charge on any atom is 0.176 e. The van der Waals surface area contributed by atoms with E-state index in [0.717, 1.165) is 12.3 Å². The summed E-state index contributed by atoms with van der Waals surface area (Å²) in [6.45, 7) is 7.06. The predicted molar refractivity (Wildman–Crippen MR) is 75.9 cm³/mol. The second-order valence-electron chi connectivity index (χ2n) is 4.32. The molecule has 4 nitrogen and oxygen atoms in total. The first-order valence-electron chi connectivity index (χ1n) is 6.69. The second-order valence-corrected chi connectivity index (χ2v) is 4.32. The summed E-state index contributed by atoms with van der Waals surface area (Å²) < 4.78 is 10.6. The summed E-state index contributed by atoms with van der Waals surface area (Å²) in [6.07, 6.45) is 0. The number of hydrogen-bond acceptors (Lipinski definition) is 4. The lowest BCUT2D eigenvalue weighted by Gasteiger charge is -2.15. The van der Waals surface area contributed by atoms with Gasteiger partial charge >= 0.3 is 0 Å². The van der Waals surface area contributed by atoms with Crippen LogP contribution in [0.5, 0.6) is 5.75 Å². The number of ketones is 1. The fraction of sp³-hybridized carbons (Fsp3) is 0.533. The van der Waals surface area contributed by atoms with Crippen molar-refractivity contribution in [2.45, 2.75) is 13.8 Å². The Morgan fingerprint density at radius 3 is 2.42 bits per heavy atom. The van der Waals surface area contributed by atoms with Gasteiger partial charge in [0.25, 0.3) is 0 Å². The van der Waals surface area contributed by atoms with Gasteiger partial charge in [0.15, 0.2) is 5.78 Å². The van der Waals surface area contributed by atoms with E-state index in [0.29, 0.717) is 31.9 Å². The Morgan fingerprint density at radius 2 is 1.84 bits per heavy atom. The molecule has 0 bridgehead atoms. The molecule has 0 atom stereocenters. The van der Waals surface area contributed by atoms with Crippen LogP contribution in [-0.4, -0.2) is 50.6 Å². The maximum absolute atomic E-state index is 12.0. The van der Waals surface area contributed by atoms with Crippen LogP contribution in [-0.2, 0) is 4.74 Å². The lowest BCUT2D eigenvalue weighted by atomic mass is 10.1. The van der Waals surface area contributed by atoms with E-state index in [1.807, 2.05) is 50.1 Å². The molecular formula is C15H23NO3. The smallest absolute Gasteiger partial charge is 0.176 e. The molecule has 1 aromatic rings. The van der Waals surface area contributed by atoms with Gasteiger partial charge in [0.2, 0.25) is 0 Å². The standard InChI is InChI=1S/C15H23NO3/c1-4-18-11-10-16(3)12-15(17)13-6-8-14(9-7-13)19-5-2/h6-9H,4-5,10-12H2,1-3H3. The molecule has 0 aromatic heterocycles. The third-order valence-corrected chi connectivity index (χ3v) is 2.72.